The Balaban J connectivity index is 0.000000611. The zero-order chi connectivity index (χ0) is 30.1. The molecule has 3 rings (SSSR count). The Morgan fingerprint density at radius 1 is 1.10 bits per heavy atom. The van der Waals surface area contributed by atoms with E-state index in [-0.39, 0.29) is 35.9 Å². The van der Waals surface area contributed by atoms with Gasteiger partial charge < -0.3 is 15.5 Å². The molecule has 3 N–H and O–H groups in total. The lowest BCUT2D eigenvalue weighted by Crippen LogP contribution is -2.33. The molecule has 0 aromatic heterocycles. The molecule has 0 unspecified atom stereocenters. The number of terminal acetylenes is 1. The summed E-state index contributed by atoms with van der Waals surface area (Å²) in [5, 5.41) is 18.0. The summed E-state index contributed by atoms with van der Waals surface area (Å²) >= 11 is 1.01. The summed E-state index contributed by atoms with van der Waals surface area (Å²) < 4.78 is 78.6. The number of piperidine rings is 1. The number of aliphatic imine (C=N–C) groups is 1. The Kier molecular flexibility index (Phi) is 11.4. The van der Waals surface area contributed by atoms with E-state index in [1.807, 2.05) is 6.08 Å². The summed E-state index contributed by atoms with van der Waals surface area (Å²) in [4.78, 5) is 37.3. The third-order valence-electron chi connectivity index (χ3n) is 5.51. The van der Waals surface area contributed by atoms with Gasteiger partial charge in [0.15, 0.2) is 0 Å². The molecule has 0 spiro atoms. The molecule has 0 aliphatic carbocycles. The average Bonchev–Trinajstić information content (AvgIpc) is 3.20. The van der Waals surface area contributed by atoms with Gasteiger partial charge in [0, 0.05) is 18.7 Å². The maximum Gasteiger partial charge on any atom is 0.416 e. The number of aliphatic carboxylic acids is 2. The molecule has 0 saturated carbocycles. The molecule has 0 bridgehead atoms. The number of carbonyl (C=O) groups is 3. The minimum absolute atomic E-state index is 0.0900. The van der Waals surface area contributed by atoms with Gasteiger partial charge in [-0.15, -0.1) is 6.42 Å². The summed E-state index contributed by atoms with van der Waals surface area (Å²) in [7, 11) is 0. The van der Waals surface area contributed by atoms with E-state index < -0.39 is 35.4 Å². The molecule has 0 atom stereocenters. The van der Waals surface area contributed by atoms with Gasteiger partial charge in [-0.05, 0) is 61.3 Å². The highest BCUT2D eigenvalue weighted by molar-refractivity contribution is 8.18. The number of allylic oxidation sites excluding steroid dienone is 1. The van der Waals surface area contributed by atoms with Crippen LogP contribution in [-0.2, 0) is 28.5 Å². The van der Waals surface area contributed by atoms with Crippen molar-refractivity contribution in [2.24, 2.45) is 10.9 Å². The molecule has 15 heteroatoms. The number of nitrogens with one attached hydrogen (secondary N) is 1. The van der Waals surface area contributed by atoms with Crippen molar-refractivity contribution in [3.63, 3.8) is 0 Å². The predicted octanol–water partition coefficient (Wildman–Crippen LogP) is 5.02. The SMILES string of the molecule is C#CCN=C1NC(=O)SC1=CC1CCN(Cc2ccc(C(F)(F)F)cc2C(F)(F)F)CC1.O=C(O)C=CC(=O)O. The highest BCUT2D eigenvalue weighted by Gasteiger charge is 2.38. The number of nitrogens with zero attached hydrogens (tertiary/aromatic N) is 2. The first-order chi connectivity index (χ1) is 18.6. The molecule has 2 aliphatic rings. The van der Waals surface area contributed by atoms with Crippen molar-refractivity contribution in [3.05, 3.63) is 58.0 Å². The molecule has 0 radical (unpaired) electrons. The first kappa shape index (κ1) is 32.4. The summed E-state index contributed by atoms with van der Waals surface area (Å²) in [5.41, 5.74) is -2.77. The lowest BCUT2D eigenvalue weighted by atomic mass is 9.95. The number of amidine groups is 1. The number of thioether (sulfide) groups is 1. The van der Waals surface area contributed by atoms with Crippen LogP contribution < -0.4 is 5.32 Å². The molecule has 2 aliphatic heterocycles. The van der Waals surface area contributed by atoms with Crippen LogP contribution >= 0.6 is 11.8 Å². The topological polar surface area (TPSA) is 119 Å². The number of halogens is 6. The first-order valence-corrected chi connectivity index (χ1v) is 12.2. The number of carboxylic acid groups (broad SMARTS) is 2. The van der Waals surface area contributed by atoms with E-state index in [0.717, 1.165) is 17.8 Å². The smallest absolute Gasteiger partial charge is 0.416 e. The summed E-state index contributed by atoms with van der Waals surface area (Å²) in [6.45, 7) is 0.964. The van der Waals surface area contributed by atoms with Gasteiger partial charge in [-0.1, -0.05) is 18.1 Å². The molecule has 2 fully saturated rings. The summed E-state index contributed by atoms with van der Waals surface area (Å²) in [6, 6.07) is 1.76. The number of hydrogen-bond donors (Lipinski definition) is 3. The van der Waals surface area contributed by atoms with Gasteiger partial charge in [0.1, 0.15) is 12.4 Å². The van der Waals surface area contributed by atoms with Gasteiger partial charge in [0.25, 0.3) is 5.24 Å². The van der Waals surface area contributed by atoms with Crippen LogP contribution in [0.5, 0.6) is 0 Å². The molecule has 2 heterocycles. The predicted molar refractivity (Wildman–Crippen MR) is 134 cm³/mol. The van der Waals surface area contributed by atoms with Crippen molar-refractivity contribution < 1.29 is 50.9 Å². The highest BCUT2D eigenvalue weighted by Crippen LogP contribution is 2.38. The van der Waals surface area contributed by atoms with Gasteiger partial charge in [-0.3, -0.25) is 14.7 Å². The second-order valence-corrected chi connectivity index (χ2v) is 9.42. The Labute approximate surface area is 228 Å². The van der Waals surface area contributed by atoms with Crippen molar-refractivity contribution in [3.8, 4) is 12.3 Å². The van der Waals surface area contributed by atoms with E-state index in [0.29, 0.717) is 54.9 Å². The monoisotopic (exact) mass is 591 g/mol. The van der Waals surface area contributed by atoms with Crippen LogP contribution in [0.25, 0.3) is 0 Å². The van der Waals surface area contributed by atoms with E-state index in [1.54, 1.807) is 4.90 Å². The summed E-state index contributed by atoms with van der Waals surface area (Å²) in [5.74, 6) is 0.357. The largest absolute Gasteiger partial charge is 0.478 e. The number of alkyl halides is 6. The molecule has 216 valence electrons. The number of likely N-dealkylation sites (tertiary alicyclic amines) is 1. The molecular formula is C25H23F6N3O5S. The molecule has 8 nitrogen and oxygen atoms in total. The van der Waals surface area contributed by atoms with E-state index >= 15 is 0 Å². The third-order valence-corrected chi connectivity index (χ3v) is 6.35. The highest BCUT2D eigenvalue weighted by atomic mass is 32.2. The number of rotatable bonds is 6. The maximum absolute atomic E-state index is 13.4. The van der Waals surface area contributed by atoms with Gasteiger partial charge in [-0.2, -0.15) is 26.3 Å². The lowest BCUT2D eigenvalue weighted by Gasteiger charge is -2.31. The number of amides is 1. The summed E-state index contributed by atoms with van der Waals surface area (Å²) in [6.07, 6.45) is -0.257. The Morgan fingerprint density at radius 3 is 2.20 bits per heavy atom. The molecule has 2 saturated heterocycles. The quantitative estimate of drug-likeness (QED) is 0.242. The van der Waals surface area contributed by atoms with E-state index in [1.165, 1.54) is 0 Å². The molecular weight excluding hydrogens is 568 g/mol. The van der Waals surface area contributed by atoms with Crippen LogP contribution in [0.15, 0.2) is 46.3 Å². The van der Waals surface area contributed by atoms with Crippen molar-refractivity contribution >= 4 is 34.8 Å². The van der Waals surface area contributed by atoms with Gasteiger partial charge in [0.05, 0.1) is 16.0 Å². The normalized spacial score (nSPS) is 18.9. The van der Waals surface area contributed by atoms with Crippen LogP contribution in [0.1, 0.15) is 29.5 Å². The lowest BCUT2D eigenvalue weighted by molar-refractivity contribution is -0.143. The fourth-order valence-electron chi connectivity index (χ4n) is 3.72. The van der Waals surface area contributed by atoms with Crippen LogP contribution in [0.3, 0.4) is 0 Å². The zero-order valence-corrected chi connectivity index (χ0v) is 21.4. The molecule has 1 aromatic rings. The van der Waals surface area contributed by atoms with Crippen LogP contribution in [0.4, 0.5) is 31.1 Å². The minimum Gasteiger partial charge on any atom is -0.478 e. The molecule has 1 amide bonds. The van der Waals surface area contributed by atoms with E-state index in [4.69, 9.17) is 16.6 Å². The number of carboxylic acids is 2. The maximum atomic E-state index is 13.4. The van der Waals surface area contributed by atoms with Crippen molar-refractivity contribution in [2.45, 2.75) is 31.7 Å². The van der Waals surface area contributed by atoms with Crippen LogP contribution in [-0.4, -0.2) is 57.8 Å². The zero-order valence-electron chi connectivity index (χ0n) is 20.6. The minimum atomic E-state index is -4.88. The number of hydrogen-bond acceptors (Lipinski definition) is 6. The second kappa shape index (κ2) is 14.0. The number of carbonyl (C=O) groups excluding carboxylic acids is 1. The first-order valence-electron chi connectivity index (χ1n) is 11.4. The Morgan fingerprint density at radius 2 is 1.70 bits per heavy atom. The van der Waals surface area contributed by atoms with Crippen molar-refractivity contribution in [1.82, 2.24) is 10.2 Å². The Bertz CT molecular complexity index is 1230. The molecule has 40 heavy (non-hydrogen) atoms. The van der Waals surface area contributed by atoms with Crippen molar-refractivity contribution in [1.29, 1.82) is 0 Å². The molecule has 1 aromatic carbocycles. The number of benzene rings is 1. The van der Waals surface area contributed by atoms with Crippen LogP contribution in [0.2, 0.25) is 0 Å². The van der Waals surface area contributed by atoms with E-state index in [2.05, 4.69) is 16.2 Å². The Hall–Kier alpha value is -3.77. The van der Waals surface area contributed by atoms with E-state index in [9.17, 15) is 40.7 Å². The van der Waals surface area contributed by atoms with Gasteiger partial charge in [-0.25, -0.2) is 9.59 Å². The van der Waals surface area contributed by atoms with Crippen LogP contribution in [0, 0.1) is 18.3 Å². The van der Waals surface area contributed by atoms with Crippen molar-refractivity contribution in [2.75, 3.05) is 19.6 Å². The third kappa shape index (κ3) is 10.4. The standard InChI is InChI=1S/C21H19F6N3OS.C4H4O4/c1-2-7-28-18-17(32-19(31)29-18)10-13-5-8-30(9-6-13)12-14-3-4-15(20(22,23)24)11-16(14)21(25,26)27;5-3(6)1-2-4(7)8/h1,3-4,10-11,13H,5-9,12H2,(H,28,29,31);1-2H,(H,5,6)(H,7,8). The van der Waals surface area contributed by atoms with Gasteiger partial charge in [0.2, 0.25) is 0 Å². The second-order valence-electron chi connectivity index (χ2n) is 8.41. The van der Waals surface area contributed by atoms with Gasteiger partial charge >= 0.3 is 24.3 Å². The average molecular weight is 592 g/mol. The fraction of sp³-hybridized carbons (Fsp3) is 0.360. The fourth-order valence-corrected chi connectivity index (χ4v) is 4.54.